The number of halogens is 1. The zero-order chi connectivity index (χ0) is 23.5. The van der Waals surface area contributed by atoms with Gasteiger partial charge in [0, 0.05) is 22.3 Å². The van der Waals surface area contributed by atoms with E-state index in [1.165, 1.54) is 19.3 Å². The third-order valence-corrected chi connectivity index (χ3v) is 6.24. The fraction of sp³-hybridized carbons (Fsp3) is 0.500. The van der Waals surface area contributed by atoms with E-state index < -0.39 is 0 Å². The molecule has 0 spiro atoms. The zero-order valence-corrected chi connectivity index (χ0v) is 20.5. The molecule has 3 rings (SSSR count). The van der Waals surface area contributed by atoms with Crippen molar-refractivity contribution in [2.24, 2.45) is 11.5 Å². The molecule has 0 aliphatic heterocycles. The molecule has 1 heterocycles. The summed E-state index contributed by atoms with van der Waals surface area (Å²) in [6.45, 7) is 5.70. The minimum atomic E-state index is 0.695. The van der Waals surface area contributed by atoms with Crippen LogP contribution in [0.4, 0.5) is 5.69 Å². The SMILES string of the molecule is COc1ccc2nc3cc(Cl)ccc3c(NCCCCCCN(CCCN)CCCN)c2c1. The number of hydrogen-bond donors (Lipinski definition) is 3. The molecule has 6 nitrogen and oxygen atoms in total. The first-order valence-electron chi connectivity index (χ1n) is 12.1. The summed E-state index contributed by atoms with van der Waals surface area (Å²) in [5.74, 6) is 0.828. The molecule has 2 aromatic carbocycles. The Morgan fingerprint density at radius 2 is 1.58 bits per heavy atom. The van der Waals surface area contributed by atoms with E-state index in [0.29, 0.717) is 5.02 Å². The molecule has 180 valence electrons. The first-order valence-corrected chi connectivity index (χ1v) is 12.5. The van der Waals surface area contributed by atoms with Gasteiger partial charge in [0.05, 0.1) is 23.8 Å². The summed E-state index contributed by atoms with van der Waals surface area (Å²) in [7, 11) is 1.69. The first-order chi connectivity index (χ1) is 16.2. The molecule has 7 heteroatoms. The highest BCUT2D eigenvalue weighted by Crippen LogP contribution is 2.34. The van der Waals surface area contributed by atoms with Crippen molar-refractivity contribution in [2.75, 3.05) is 51.7 Å². The van der Waals surface area contributed by atoms with Crippen molar-refractivity contribution < 1.29 is 4.74 Å². The normalized spacial score (nSPS) is 11.5. The van der Waals surface area contributed by atoms with Crippen LogP contribution in [0.3, 0.4) is 0 Å². The van der Waals surface area contributed by atoms with Gasteiger partial charge in [0.1, 0.15) is 5.75 Å². The number of fused-ring (bicyclic) bond motifs is 2. The zero-order valence-electron chi connectivity index (χ0n) is 19.8. The summed E-state index contributed by atoms with van der Waals surface area (Å²) in [5, 5.41) is 6.52. The first kappa shape index (κ1) is 25.5. The van der Waals surface area contributed by atoms with Crippen LogP contribution in [-0.4, -0.2) is 56.3 Å². The number of ether oxygens (including phenoxy) is 1. The summed E-state index contributed by atoms with van der Waals surface area (Å²) in [5.41, 5.74) is 14.3. The number of nitrogens with two attached hydrogens (primary N) is 2. The number of nitrogens with one attached hydrogen (secondary N) is 1. The van der Waals surface area contributed by atoms with Crippen molar-refractivity contribution in [3.63, 3.8) is 0 Å². The third-order valence-electron chi connectivity index (χ3n) is 6.00. The van der Waals surface area contributed by atoms with E-state index in [9.17, 15) is 0 Å². The average molecular weight is 472 g/mol. The van der Waals surface area contributed by atoms with Gasteiger partial charge in [-0.05, 0) is 94.8 Å². The van der Waals surface area contributed by atoms with Gasteiger partial charge in [-0.2, -0.15) is 0 Å². The predicted octanol–water partition coefficient (Wildman–Crippen LogP) is 5.02. The minimum Gasteiger partial charge on any atom is -0.497 e. The maximum atomic E-state index is 6.23. The van der Waals surface area contributed by atoms with Gasteiger partial charge >= 0.3 is 0 Å². The van der Waals surface area contributed by atoms with Crippen molar-refractivity contribution in [3.05, 3.63) is 41.4 Å². The summed E-state index contributed by atoms with van der Waals surface area (Å²) in [6.07, 6.45) is 6.87. The van der Waals surface area contributed by atoms with Crippen molar-refractivity contribution in [3.8, 4) is 5.75 Å². The van der Waals surface area contributed by atoms with Crippen molar-refractivity contribution in [1.82, 2.24) is 9.88 Å². The van der Waals surface area contributed by atoms with Crippen LogP contribution < -0.4 is 21.5 Å². The molecular formula is C26H38ClN5O. The van der Waals surface area contributed by atoms with Crippen molar-refractivity contribution in [2.45, 2.75) is 38.5 Å². The second kappa shape index (κ2) is 13.6. The molecule has 0 aliphatic rings. The van der Waals surface area contributed by atoms with E-state index >= 15 is 0 Å². The molecule has 0 fully saturated rings. The van der Waals surface area contributed by atoms with Crippen LogP contribution in [0.25, 0.3) is 21.8 Å². The highest BCUT2D eigenvalue weighted by molar-refractivity contribution is 6.31. The van der Waals surface area contributed by atoms with Crippen LogP contribution in [0.1, 0.15) is 38.5 Å². The average Bonchev–Trinajstić information content (AvgIpc) is 2.83. The number of anilines is 1. The Morgan fingerprint density at radius 1 is 0.848 bits per heavy atom. The van der Waals surface area contributed by atoms with Crippen LogP contribution >= 0.6 is 11.6 Å². The lowest BCUT2D eigenvalue weighted by Crippen LogP contribution is -2.29. The maximum absolute atomic E-state index is 6.23. The van der Waals surface area contributed by atoms with E-state index in [1.54, 1.807) is 7.11 Å². The van der Waals surface area contributed by atoms with Gasteiger partial charge in [0.25, 0.3) is 0 Å². The topological polar surface area (TPSA) is 89.4 Å². The number of methoxy groups -OCH3 is 1. The maximum Gasteiger partial charge on any atom is 0.119 e. The number of aromatic nitrogens is 1. The fourth-order valence-electron chi connectivity index (χ4n) is 4.21. The quantitative estimate of drug-likeness (QED) is 0.213. The van der Waals surface area contributed by atoms with Gasteiger partial charge in [-0.1, -0.05) is 24.4 Å². The molecule has 3 aromatic rings. The van der Waals surface area contributed by atoms with Crippen LogP contribution in [0.2, 0.25) is 5.02 Å². The number of benzene rings is 2. The van der Waals surface area contributed by atoms with Crippen LogP contribution in [0.5, 0.6) is 5.75 Å². The third kappa shape index (κ3) is 7.44. The molecule has 0 radical (unpaired) electrons. The van der Waals surface area contributed by atoms with E-state index in [2.05, 4.69) is 16.3 Å². The van der Waals surface area contributed by atoms with Gasteiger partial charge in [-0.25, -0.2) is 4.98 Å². The van der Waals surface area contributed by atoms with E-state index in [4.69, 9.17) is 32.8 Å². The van der Waals surface area contributed by atoms with Crippen LogP contribution in [0.15, 0.2) is 36.4 Å². The van der Waals surface area contributed by atoms with Gasteiger partial charge in [-0.3, -0.25) is 0 Å². The Labute approximate surface area is 202 Å². The number of nitrogens with zero attached hydrogens (tertiary/aromatic N) is 2. The van der Waals surface area contributed by atoms with Crippen LogP contribution in [-0.2, 0) is 0 Å². The van der Waals surface area contributed by atoms with Crippen LogP contribution in [0, 0.1) is 0 Å². The Kier molecular flexibility index (Phi) is 10.5. The lowest BCUT2D eigenvalue weighted by molar-refractivity contribution is 0.263. The minimum absolute atomic E-state index is 0.695. The highest BCUT2D eigenvalue weighted by Gasteiger charge is 2.11. The van der Waals surface area contributed by atoms with Gasteiger partial charge in [0.15, 0.2) is 0 Å². The second-order valence-electron chi connectivity index (χ2n) is 8.50. The molecule has 0 saturated heterocycles. The smallest absolute Gasteiger partial charge is 0.119 e. The van der Waals surface area contributed by atoms with E-state index in [0.717, 1.165) is 91.8 Å². The number of rotatable bonds is 15. The largest absolute Gasteiger partial charge is 0.497 e. The van der Waals surface area contributed by atoms with E-state index in [-0.39, 0.29) is 0 Å². The second-order valence-corrected chi connectivity index (χ2v) is 8.93. The molecule has 1 aromatic heterocycles. The Balaban J connectivity index is 1.57. The van der Waals surface area contributed by atoms with Gasteiger partial charge in [0.2, 0.25) is 0 Å². The van der Waals surface area contributed by atoms with E-state index in [1.807, 2.05) is 30.3 Å². The lowest BCUT2D eigenvalue weighted by atomic mass is 10.1. The summed E-state index contributed by atoms with van der Waals surface area (Å²) in [4.78, 5) is 7.31. The molecule has 0 aliphatic carbocycles. The predicted molar refractivity (Wildman–Crippen MR) is 142 cm³/mol. The molecule has 0 bridgehead atoms. The number of hydrogen-bond acceptors (Lipinski definition) is 6. The highest BCUT2D eigenvalue weighted by atomic mass is 35.5. The molecule has 0 atom stereocenters. The molecule has 33 heavy (non-hydrogen) atoms. The number of pyridine rings is 1. The summed E-state index contributed by atoms with van der Waals surface area (Å²) >= 11 is 6.23. The molecule has 5 N–H and O–H groups in total. The Bertz CT molecular complexity index is 1000. The van der Waals surface area contributed by atoms with Gasteiger partial charge in [-0.15, -0.1) is 0 Å². The fourth-order valence-corrected chi connectivity index (χ4v) is 4.37. The Morgan fingerprint density at radius 3 is 2.30 bits per heavy atom. The molecule has 0 amide bonds. The molecule has 0 unspecified atom stereocenters. The summed E-state index contributed by atoms with van der Waals surface area (Å²) < 4.78 is 5.45. The molecular weight excluding hydrogens is 434 g/mol. The van der Waals surface area contributed by atoms with Crippen molar-refractivity contribution >= 4 is 39.1 Å². The van der Waals surface area contributed by atoms with Gasteiger partial charge < -0.3 is 26.4 Å². The van der Waals surface area contributed by atoms with Crippen molar-refractivity contribution in [1.29, 1.82) is 0 Å². The number of unbranched alkanes of at least 4 members (excludes halogenated alkanes) is 3. The standard InChI is InChI=1S/C26H38ClN5O/c1-33-21-9-11-24-23(19-21)26(22-10-8-20(27)18-25(22)31-24)30-14-4-2-3-5-15-32(16-6-12-28)17-7-13-29/h8-11,18-19H,2-7,12-17,28-29H2,1H3,(H,30,31). The summed E-state index contributed by atoms with van der Waals surface area (Å²) in [6, 6.07) is 11.9. The molecule has 0 saturated carbocycles. The Hall–Kier alpha value is -2.12. The lowest BCUT2D eigenvalue weighted by Gasteiger charge is -2.21. The monoisotopic (exact) mass is 471 g/mol.